The Balaban J connectivity index is 1.94. The summed E-state index contributed by atoms with van der Waals surface area (Å²) in [6.45, 7) is 4.70. The lowest BCUT2D eigenvalue weighted by molar-refractivity contribution is -0.122. The van der Waals surface area contributed by atoms with E-state index < -0.39 is 6.04 Å². The van der Waals surface area contributed by atoms with Gasteiger partial charge in [-0.05, 0) is 31.0 Å². The van der Waals surface area contributed by atoms with Crippen LogP contribution in [0.15, 0.2) is 36.4 Å². The third-order valence-corrected chi connectivity index (χ3v) is 4.25. The minimum atomic E-state index is -0.608. The predicted molar refractivity (Wildman–Crippen MR) is 79.0 cm³/mol. The van der Waals surface area contributed by atoms with Crippen molar-refractivity contribution in [1.82, 2.24) is 5.32 Å². The summed E-state index contributed by atoms with van der Waals surface area (Å²) >= 11 is 1.71. The molecule has 0 aliphatic heterocycles. The molecule has 0 spiro atoms. The van der Waals surface area contributed by atoms with Crippen molar-refractivity contribution in [2.45, 2.75) is 26.4 Å². The number of carbonyl (C=O) groups excluding carboxylic acids is 1. The highest BCUT2D eigenvalue weighted by Gasteiger charge is 2.15. The lowest BCUT2D eigenvalue weighted by Crippen LogP contribution is -2.33. The van der Waals surface area contributed by atoms with Crippen LogP contribution in [0.1, 0.15) is 26.9 Å². The Labute approximate surface area is 117 Å². The van der Waals surface area contributed by atoms with E-state index >= 15 is 0 Å². The van der Waals surface area contributed by atoms with E-state index in [0.717, 1.165) is 10.4 Å². The first-order valence-electron chi connectivity index (χ1n) is 6.22. The van der Waals surface area contributed by atoms with E-state index in [4.69, 9.17) is 5.73 Å². The van der Waals surface area contributed by atoms with Crippen LogP contribution in [0, 0.1) is 13.8 Å². The number of hydrogen-bond acceptors (Lipinski definition) is 3. The van der Waals surface area contributed by atoms with Crippen molar-refractivity contribution in [2.24, 2.45) is 5.73 Å². The van der Waals surface area contributed by atoms with Crippen molar-refractivity contribution < 1.29 is 4.79 Å². The van der Waals surface area contributed by atoms with Crippen LogP contribution in [-0.2, 0) is 11.3 Å². The summed E-state index contributed by atoms with van der Waals surface area (Å²) in [4.78, 5) is 14.4. The molecule has 2 aromatic rings. The molecular weight excluding hydrogens is 256 g/mol. The number of rotatable bonds is 4. The Morgan fingerprint density at radius 2 is 2.00 bits per heavy atom. The highest BCUT2D eigenvalue weighted by Crippen LogP contribution is 2.20. The molecule has 1 aromatic heterocycles. The standard InChI is InChI=1S/C15H18N2OS/c1-10-8-13(19-11(10)2)9-17-15(18)14(16)12-6-4-3-5-7-12/h3-8,14H,9,16H2,1-2H3,(H,17,18). The van der Waals surface area contributed by atoms with Crippen LogP contribution in [0.3, 0.4) is 0 Å². The second kappa shape index (κ2) is 5.99. The van der Waals surface area contributed by atoms with Crippen LogP contribution in [0.4, 0.5) is 0 Å². The lowest BCUT2D eigenvalue weighted by atomic mass is 10.1. The summed E-state index contributed by atoms with van der Waals surface area (Å²) in [6.07, 6.45) is 0. The molecule has 4 heteroatoms. The fraction of sp³-hybridized carbons (Fsp3) is 0.267. The van der Waals surface area contributed by atoms with Crippen molar-refractivity contribution in [3.05, 3.63) is 57.3 Å². The maximum Gasteiger partial charge on any atom is 0.241 e. The second-order valence-corrected chi connectivity index (χ2v) is 5.90. The highest BCUT2D eigenvalue weighted by atomic mass is 32.1. The van der Waals surface area contributed by atoms with E-state index in [1.807, 2.05) is 30.3 Å². The van der Waals surface area contributed by atoms with Crippen molar-refractivity contribution in [1.29, 1.82) is 0 Å². The van der Waals surface area contributed by atoms with Crippen LogP contribution < -0.4 is 11.1 Å². The van der Waals surface area contributed by atoms with Crippen LogP contribution in [0.5, 0.6) is 0 Å². The SMILES string of the molecule is Cc1cc(CNC(=O)C(N)c2ccccc2)sc1C. The molecule has 0 aliphatic carbocycles. The van der Waals surface area contributed by atoms with Crippen LogP contribution >= 0.6 is 11.3 Å². The van der Waals surface area contributed by atoms with E-state index in [9.17, 15) is 4.79 Å². The largest absolute Gasteiger partial charge is 0.350 e. The van der Waals surface area contributed by atoms with Crippen molar-refractivity contribution in [2.75, 3.05) is 0 Å². The number of amides is 1. The Morgan fingerprint density at radius 3 is 2.58 bits per heavy atom. The Bertz CT molecular complexity index is 543. The van der Waals surface area contributed by atoms with Gasteiger partial charge in [-0.25, -0.2) is 0 Å². The monoisotopic (exact) mass is 274 g/mol. The van der Waals surface area contributed by atoms with Gasteiger partial charge >= 0.3 is 0 Å². The number of hydrogen-bond donors (Lipinski definition) is 2. The summed E-state index contributed by atoms with van der Waals surface area (Å²) in [7, 11) is 0. The molecular formula is C15H18N2OS. The first-order chi connectivity index (χ1) is 9.08. The second-order valence-electron chi connectivity index (χ2n) is 4.56. The number of thiophene rings is 1. The zero-order valence-electron chi connectivity index (χ0n) is 11.1. The summed E-state index contributed by atoms with van der Waals surface area (Å²) < 4.78 is 0. The van der Waals surface area contributed by atoms with E-state index in [1.165, 1.54) is 10.4 Å². The summed E-state index contributed by atoms with van der Waals surface area (Å²) in [5.74, 6) is -0.144. The zero-order valence-corrected chi connectivity index (χ0v) is 12.0. The Kier molecular flexibility index (Phi) is 4.35. The average Bonchev–Trinajstić information content (AvgIpc) is 2.75. The van der Waals surface area contributed by atoms with Gasteiger partial charge in [-0.2, -0.15) is 0 Å². The van der Waals surface area contributed by atoms with Gasteiger partial charge in [0.1, 0.15) is 6.04 Å². The number of carbonyl (C=O) groups is 1. The van der Waals surface area contributed by atoms with Gasteiger partial charge < -0.3 is 11.1 Å². The fourth-order valence-electron chi connectivity index (χ4n) is 1.83. The molecule has 19 heavy (non-hydrogen) atoms. The zero-order chi connectivity index (χ0) is 13.8. The summed E-state index contributed by atoms with van der Waals surface area (Å²) in [5.41, 5.74) is 8.03. The van der Waals surface area contributed by atoms with Crippen LogP contribution in [-0.4, -0.2) is 5.91 Å². The van der Waals surface area contributed by atoms with Crippen LogP contribution in [0.2, 0.25) is 0 Å². The molecule has 0 saturated heterocycles. The van der Waals surface area contributed by atoms with Gasteiger partial charge in [0.05, 0.1) is 6.54 Å². The molecule has 1 amide bonds. The lowest BCUT2D eigenvalue weighted by Gasteiger charge is -2.11. The van der Waals surface area contributed by atoms with Gasteiger partial charge in [0.15, 0.2) is 0 Å². The van der Waals surface area contributed by atoms with Gasteiger partial charge in [-0.1, -0.05) is 30.3 Å². The number of benzene rings is 1. The maximum absolute atomic E-state index is 12.0. The maximum atomic E-state index is 12.0. The van der Waals surface area contributed by atoms with E-state index in [0.29, 0.717) is 6.54 Å². The smallest absolute Gasteiger partial charge is 0.241 e. The average molecular weight is 274 g/mol. The molecule has 2 rings (SSSR count). The summed E-state index contributed by atoms with van der Waals surface area (Å²) in [6, 6.07) is 10.9. The molecule has 0 fully saturated rings. The molecule has 100 valence electrons. The predicted octanol–water partition coefficient (Wildman–Crippen LogP) is 2.68. The van der Waals surface area contributed by atoms with Crippen molar-refractivity contribution >= 4 is 17.2 Å². The van der Waals surface area contributed by atoms with Crippen molar-refractivity contribution in [3.63, 3.8) is 0 Å². The minimum Gasteiger partial charge on any atom is -0.350 e. The van der Waals surface area contributed by atoms with Crippen molar-refractivity contribution in [3.8, 4) is 0 Å². The third-order valence-electron chi connectivity index (χ3n) is 3.10. The molecule has 3 N–H and O–H groups in total. The molecule has 1 unspecified atom stereocenters. The summed E-state index contributed by atoms with van der Waals surface area (Å²) in [5, 5.41) is 2.88. The molecule has 0 radical (unpaired) electrons. The molecule has 1 atom stereocenters. The van der Waals surface area contributed by atoms with Gasteiger partial charge in [0, 0.05) is 9.75 Å². The van der Waals surface area contributed by atoms with Gasteiger partial charge in [0.2, 0.25) is 5.91 Å². The first kappa shape index (κ1) is 13.8. The molecule has 3 nitrogen and oxygen atoms in total. The number of nitrogens with two attached hydrogens (primary N) is 1. The van der Waals surface area contributed by atoms with Crippen LogP contribution in [0.25, 0.3) is 0 Å². The van der Waals surface area contributed by atoms with E-state index in [1.54, 1.807) is 11.3 Å². The van der Waals surface area contributed by atoms with Gasteiger partial charge in [0.25, 0.3) is 0 Å². The molecule has 1 aromatic carbocycles. The molecule has 0 saturated carbocycles. The molecule has 0 bridgehead atoms. The topological polar surface area (TPSA) is 55.1 Å². The number of nitrogens with one attached hydrogen (secondary N) is 1. The normalized spacial score (nSPS) is 12.2. The Hall–Kier alpha value is -1.65. The third kappa shape index (κ3) is 3.43. The molecule has 0 aliphatic rings. The van der Waals surface area contributed by atoms with Gasteiger partial charge in [-0.15, -0.1) is 11.3 Å². The van der Waals surface area contributed by atoms with Gasteiger partial charge in [-0.3, -0.25) is 4.79 Å². The van der Waals surface area contributed by atoms with E-state index in [2.05, 4.69) is 25.2 Å². The molecule has 1 heterocycles. The number of aryl methyl sites for hydroxylation is 2. The van der Waals surface area contributed by atoms with E-state index in [-0.39, 0.29) is 5.91 Å². The first-order valence-corrected chi connectivity index (χ1v) is 7.03. The fourth-order valence-corrected chi connectivity index (χ4v) is 2.83. The highest BCUT2D eigenvalue weighted by molar-refractivity contribution is 7.12. The Morgan fingerprint density at radius 1 is 1.32 bits per heavy atom. The minimum absolute atomic E-state index is 0.144. The quantitative estimate of drug-likeness (QED) is 0.900.